The Morgan fingerprint density at radius 2 is 1.53 bits per heavy atom. The van der Waals surface area contributed by atoms with Crippen LogP contribution < -0.4 is 0 Å². The van der Waals surface area contributed by atoms with Crippen molar-refractivity contribution in [3.63, 3.8) is 0 Å². The van der Waals surface area contributed by atoms with Crippen molar-refractivity contribution >= 4 is 48.9 Å². The zero-order valence-electron chi connectivity index (χ0n) is 35.0. The van der Waals surface area contributed by atoms with Crippen LogP contribution in [0.2, 0.25) is 0 Å². The summed E-state index contributed by atoms with van der Waals surface area (Å²) in [5.41, 5.74) is 6.16. The normalized spacial score (nSPS) is 12.6. The Bertz CT molecular complexity index is 2290. The third-order valence-corrected chi connectivity index (χ3v) is 13.0. The van der Waals surface area contributed by atoms with Crippen molar-refractivity contribution in [3.05, 3.63) is 101 Å². The van der Waals surface area contributed by atoms with Gasteiger partial charge in [-0.05, 0) is 85.1 Å². The number of hydrogen-bond donors (Lipinski definition) is 1. The number of aliphatic hydroxyl groups excluding tert-OH is 1. The molecule has 295 valence electrons. The van der Waals surface area contributed by atoms with Crippen molar-refractivity contribution in [1.29, 1.82) is 0 Å². The monoisotopic (exact) mass is 935 g/mol. The number of rotatable bonds is 11. The van der Waals surface area contributed by atoms with Crippen molar-refractivity contribution in [2.45, 2.75) is 121 Å². The predicted octanol–water partition coefficient (Wildman–Crippen LogP) is 14.8. The van der Waals surface area contributed by atoms with Crippen molar-refractivity contribution in [2.75, 3.05) is 0 Å². The molecule has 3 aromatic carbocycles. The minimum atomic E-state index is -0.337. The molecule has 0 saturated carbocycles. The summed E-state index contributed by atoms with van der Waals surface area (Å²) in [6.45, 7) is 25.6. The zero-order valence-corrected chi connectivity index (χ0v) is 38.2. The van der Waals surface area contributed by atoms with E-state index in [1.807, 2.05) is 65.1 Å². The van der Waals surface area contributed by atoms with Crippen molar-refractivity contribution in [1.82, 2.24) is 4.98 Å². The molecule has 3 heterocycles. The zero-order chi connectivity index (χ0) is 39.6. The average Bonchev–Trinajstić information content (AvgIpc) is 3.73. The number of ketones is 1. The molecule has 55 heavy (non-hydrogen) atoms. The number of benzene rings is 3. The molecule has 6 aromatic rings. The molecular formula is C49H60IrNO3S-. The molecule has 0 spiro atoms. The molecule has 0 amide bonds. The number of aryl methyl sites for hydroxylation is 1. The van der Waals surface area contributed by atoms with Gasteiger partial charge in [-0.1, -0.05) is 117 Å². The molecule has 0 aliphatic rings. The van der Waals surface area contributed by atoms with Gasteiger partial charge in [0.15, 0.2) is 5.78 Å². The van der Waals surface area contributed by atoms with E-state index in [2.05, 4.69) is 102 Å². The Morgan fingerprint density at radius 1 is 0.873 bits per heavy atom. The van der Waals surface area contributed by atoms with Crippen LogP contribution in [0.15, 0.2) is 83.1 Å². The summed E-state index contributed by atoms with van der Waals surface area (Å²) in [6, 6.07) is 25.5. The van der Waals surface area contributed by atoms with Gasteiger partial charge in [-0.2, -0.15) is 0 Å². The molecule has 0 aliphatic heterocycles. The van der Waals surface area contributed by atoms with E-state index in [0.29, 0.717) is 5.92 Å². The largest absolute Gasteiger partial charge is 0.512 e. The molecule has 6 heteroatoms. The van der Waals surface area contributed by atoms with E-state index >= 15 is 0 Å². The van der Waals surface area contributed by atoms with Gasteiger partial charge >= 0.3 is 0 Å². The Labute approximate surface area is 347 Å². The Kier molecular flexibility index (Phi) is 14.2. The van der Waals surface area contributed by atoms with E-state index in [1.54, 1.807) is 0 Å². The van der Waals surface area contributed by atoms with Gasteiger partial charge in [0, 0.05) is 59.0 Å². The van der Waals surface area contributed by atoms with Crippen LogP contribution in [0.3, 0.4) is 0 Å². The van der Waals surface area contributed by atoms with Crippen LogP contribution in [-0.2, 0) is 36.7 Å². The number of aromatic nitrogens is 1. The third kappa shape index (κ3) is 9.36. The summed E-state index contributed by atoms with van der Waals surface area (Å²) in [7, 11) is 0. The molecule has 6 rings (SSSR count). The molecule has 0 unspecified atom stereocenters. The van der Waals surface area contributed by atoms with Crippen LogP contribution >= 0.6 is 11.3 Å². The number of fused-ring (bicyclic) bond motifs is 3. The van der Waals surface area contributed by atoms with Crippen LogP contribution in [-0.4, -0.2) is 15.9 Å². The molecule has 0 atom stereocenters. The molecular weight excluding hydrogens is 875 g/mol. The maximum absolute atomic E-state index is 12.2. The fraction of sp³-hybridized carbons (Fsp3) is 0.429. The number of allylic oxidation sites excluding steroid dienone is 2. The molecule has 1 radical (unpaired) electrons. The first-order valence-corrected chi connectivity index (χ1v) is 20.6. The van der Waals surface area contributed by atoms with Gasteiger partial charge in [0.05, 0.1) is 4.88 Å². The number of aliphatic hydroxyl groups is 1. The molecule has 0 fully saturated rings. The summed E-state index contributed by atoms with van der Waals surface area (Å²) in [6.07, 6.45) is 7.70. The molecule has 0 saturated heterocycles. The minimum Gasteiger partial charge on any atom is -0.512 e. The van der Waals surface area contributed by atoms with Crippen LogP contribution in [0.4, 0.5) is 0 Å². The molecule has 1 N–H and O–H groups in total. The second kappa shape index (κ2) is 17.7. The van der Waals surface area contributed by atoms with Gasteiger partial charge in [0.25, 0.3) is 0 Å². The van der Waals surface area contributed by atoms with E-state index < -0.39 is 0 Å². The number of pyridine rings is 1. The van der Waals surface area contributed by atoms with E-state index in [9.17, 15) is 9.90 Å². The molecule has 0 aliphatic carbocycles. The van der Waals surface area contributed by atoms with E-state index in [-0.39, 0.29) is 47.9 Å². The molecule has 0 bridgehead atoms. The first-order valence-electron chi connectivity index (χ1n) is 19.8. The number of furan rings is 1. The van der Waals surface area contributed by atoms with Gasteiger partial charge in [0.1, 0.15) is 17.1 Å². The number of carbonyl (C=O) groups excluding carboxylic acids is 1. The fourth-order valence-electron chi connectivity index (χ4n) is 7.05. The van der Waals surface area contributed by atoms with Gasteiger partial charge in [-0.3, -0.25) is 9.78 Å². The summed E-state index contributed by atoms with van der Waals surface area (Å²) in [4.78, 5) is 18.2. The van der Waals surface area contributed by atoms with Gasteiger partial charge in [-0.15, -0.1) is 40.5 Å². The quantitative estimate of drug-likeness (QED) is 0.0799. The minimum absolute atomic E-state index is 0. The van der Waals surface area contributed by atoms with Crippen LogP contribution in [0.25, 0.3) is 53.7 Å². The van der Waals surface area contributed by atoms with Crippen molar-refractivity contribution < 1.29 is 34.4 Å². The molecule has 4 nitrogen and oxygen atoms in total. The van der Waals surface area contributed by atoms with Crippen molar-refractivity contribution in [3.8, 4) is 21.9 Å². The Balaban J connectivity index is 0.000000320. The number of nitrogens with zero attached hydrogens (tertiary/aromatic N) is 1. The SMILES string of the molecule is CCC(C)(CC)C(=O)/C=C(\O)C(C)(CC)CC.Cc1c(-c2cc3c(-c4[c-]c5ccccc5c(C(C)(C)C)c4)nccc3o2)sc2cc(CC(C)C)ccc12.[Ir]. The summed E-state index contributed by atoms with van der Waals surface area (Å²) >= 11 is 1.82. The second-order valence-corrected chi connectivity index (χ2v) is 18.0. The number of thiophene rings is 1. The Morgan fingerprint density at radius 3 is 2.15 bits per heavy atom. The smallest absolute Gasteiger partial charge is 0.164 e. The third-order valence-electron chi connectivity index (χ3n) is 11.8. The van der Waals surface area contributed by atoms with E-state index in [0.717, 1.165) is 65.5 Å². The first kappa shape index (κ1) is 44.1. The topological polar surface area (TPSA) is 63.3 Å². The van der Waals surface area contributed by atoms with Crippen molar-refractivity contribution in [2.24, 2.45) is 16.7 Å². The van der Waals surface area contributed by atoms with Gasteiger partial charge in [0.2, 0.25) is 0 Å². The van der Waals surface area contributed by atoms with E-state index in [4.69, 9.17) is 9.40 Å². The van der Waals surface area contributed by atoms with Crippen LogP contribution in [0.5, 0.6) is 0 Å². The number of carbonyl (C=O) groups is 1. The fourth-order valence-corrected chi connectivity index (χ4v) is 8.28. The number of hydrogen-bond acceptors (Lipinski definition) is 5. The van der Waals surface area contributed by atoms with Crippen LogP contribution in [0.1, 0.15) is 119 Å². The standard InChI is InChI=1S/C34H32NOS.C15H28O2.Ir/c1-20(2)15-22-11-12-25-21(3)33(37-31(25)16-22)30-19-27-29(36-30)13-14-35-32(27)24-17-23-9-7-8-10-26(23)28(18-24)34(4,5)6;1-7-14(5,8-2)12(16)11-13(17)15(6,9-3)10-4;/h7-14,16,18-20H,15H2,1-6H3;11,16H,7-10H2,1-6H3;/q-1;;/b;12-11-;. The van der Waals surface area contributed by atoms with Gasteiger partial charge in [-0.25, -0.2) is 0 Å². The maximum atomic E-state index is 12.2. The summed E-state index contributed by atoms with van der Waals surface area (Å²) < 4.78 is 7.78. The molecule has 3 aromatic heterocycles. The maximum Gasteiger partial charge on any atom is 0.164 e. The van der Waals surface area contributed by atoms with Crippen LogP contribution in [0, 0.1) is 29.7 Å². The predicted molar refractivity (Wildman–Crippen MR) is 232 cm³/mol. The summed E-state index contributed by atoms with van der Waals surface area (Å²) in [5.74, 6) is 1.84. The Hall–Kier alpha value is -3.57. The second-order valence-electron chi connectivity index (χ2n) is 17.0. The summed E-state index contributed by atoms with van der Waals surface area (Å²) in [5, 5.41) is 14.8. The first-order chi connectivity index (χ1) is 25.5. The average molecular weight is 935 g/mol. The van der Waals surface area contributed by atoms with E-state index in [1.165, 1.54) is 43.1 Å². The van der Waals surface area contributed by atoms with Gasteiger partial charge < -0.3 is 9.52 Å².